The highest BCUT2D eigenvalue weighted by Crippen LogP contribution is 2.26. The molecule has 2 fully saturated rings. The van der Waals surface area contributed by atoms with Crippen molar-refractivity contribution >= 4 is 0 Å². The highest BCUT2D eigenvalue weighted by atomic mass is 16.5. The Bertz CT molecular complexity index is 169. The van der Waals surface area contributed by atoms with Crippen molar-refractivity contribution in [3.63, 3.8) is 0 Å². The van der Waals surface area contributed by atoms with E-state index in [9.17, 15) is 0 Å². The van der Waals surface area contributed by atoms with Crippen LogP contribution in [0.3, 0.4) is 0 Å². The van der Waals surface area contributed by atoms with Crippen LogP contribution in [0.1, 0.15) is 51.4 Å². The fourth-order valence-electron chi connectivity index (χ4n) is 3.16. The summed E-state index contributed by atoms with van der Waals surface area (Å²) in [6.07, 6.45) is 11.2. The molecule has 0 saturated heterocycles. The van der Waals surface area contributed by atoms with E-state index < -0.39 is 0 Å². The Morgan fingerprint density at radius 1 is 0.933 bits per heavy atom. The number of ether oxygens (including phenoxy) is 1. The molecule has 2 aliphatic rings. The average molecular weight is 211 g/mol. The summed E-state index contributed by atoms with van der Waals surface area (Å²) in [7, 11) is 1.82. The Labute approximate surface area is 93.8 Å². The van der Waals surface area contributed by atoms with Gasteiger partial charge in [-0.15, -0.1) is 0 Å². The minimum atomic E-state index is 0.807. The third kappa shape index (κ3) is 3.46. The maximum atomic E-state index is 5.23. The number of nitrogens with one attached hydrogen (secondary N) is 1. The van der Waals surface area contributed by atoms with Crippen LogP contribution in [0, 0.1) is 5.92 Å². The molecule has 2 rings (SSSR count). The smallest absolute Gasteiger partial charge is 0.0490 e. The summed E-state index contributed by atoms with van der Waals surface area (Å²) in [5.74, 6) is 0.830. The van der Waals surface area contributed by atoms with Crippen LogP contribution in [-0.4, -0.2) is 25.8 Å². The maximum Gasteiger partial charge on any atom is 0.0490 e. The molecule has 2 saturated carbocycles. The van der Waals surface area contributed by atoms with E-state index in [0.717, 1.165) is 24.6 Å². The van der Waals surface area contributed by atoms with Gasteiger partial charge in [0.15, 0.2) is 0 Å². The maximum absolute atomic E-state index is 5.23. The number of hydrogen-bond acceptors (Lipinski definition) is 2. The lowest BCUT2D eigenvalue weighted by atomic mass is 9.86. The first-order valence-corrected chi connectivity index (χ1v) is 6.63. The van der Waals surface area contributed by atoms with Crippen molar-refractivity contribution < 1.29 is 4.74 Å². The Morgan fingerprint density at radius 3 is 2.13 bits per heavy atom. The molecule has 2 heteroatoms. The molecule has 15 heavy (non-hydrogen) atoms. The van der Waals surface area contributed by atoms with Crippen LogP contribution >= 0.6 is 0 Å². The first-order chi connectivity index (χ1) is 7.38. The van der Waals surface area contributed by atoms with Crippen LogP contribution in [0.2, 0.25) is 0 Å². The van der Waals surface area contributed by atoms with Gasteiger partial charge in [-0.3, -0.25) is 0 Å². The first-order valence-electron chi connectivity index (χ1n) is 6.63. The number of rotatable bonds is 4. The summed E-state index contributed by atoms with van der Waals surface area (Å²) in [6, 6.07) is 1.65. The Balaban J connectivity index is 1.64. The van der Waals surface area contributed by atoms with Gasteiger partial charge in [-0.25, -0.2) is 0 Å². The van der Waals surface area contributed by atoms with E-state index in [0.29, 0.717) is 0 Å². The molecule has 0 spiro atoms. The van der Waals surface area contributed by atoms with E-state index in [4.69, 9.17) is 4.74 Å². The fraction of sp³-hybridized carbons (Fsp3) is 1.00. The average Bonchev–Trinajstić information content (AvgIpc) is 2.74. The molecule has 2 nitrogen and oxygen atoms in total. The molecule has 0 aromatic rings. The standard InChI is InChI=1S/C13H25NO/c1-15-10-11-6-8-13(9-7-11)14-12-4-2-3-5-12/h11-14H,2-10H2,1H3. The van der Waals surface area contributed by atoms with Crippen molar-refractivity contribution in [3.05, 3.63) is 0 Å². The van der Waals surface area contributed by atoms with Crippen LogP contribution in [0.15, 0.2) is 0 Å². The zero-order valence-electron chi connectivity index (χ0n) is 10.0. The molecule has 0 radical (unpaired) electrons. The minimum absolute atomic E-state index is 0.807. The molecular formula is C13H25NO. The van der Waals surface area contributed by atoms with Gasteiger partial charge in [-0.2, -0.15) is 0 Å². The zero-order chi connectivity index (χ0) is 10.5. The zero-order valence-corrected chi connectivity index (χ0v) is 10.0. The topological polar surface area (TPSA) is 21.3 Å². The third-order valence-electron chi connectivity index (χ3n) is 4.08. The Morgan fingerprint density at radius 2 is 1.53 bits per heavy atom. The van der Waals surface area contributed by atoms with Crippen LogP contribution < -0.4 is 5.32 Å². The van der Waals surface area contributed by atoms with E-state index in [1.165, 1.54) is 51.4 Å². The summed E-state index contributed by atoms with van der Waals surface area (Å²) in [4.78, 5) is 0. The minimum Gasteiger partial charge on any atom is -0.384 e. The van der Waals surface area contributed by atoms with Crippen molar-refractivity contribution in [2.45, 2.75) is 63.5 Å². The van der Waals surface area contributed by atoms with Gasteiger partial charge >= 0.3 is 0 Å². The van der Waals surface area contributed by atoms with Gasteiger partial charge in [-0.1, -0.05) is 12.8 Å². The van der Waals surface area contributed by atoms with E-state index >= 15 is 0 Å². The van der Waals surface area contributed by atoms with Crippen molar-refractivity contribution in [1.29, 1.82) is 0 Å². The molecule has 0 heterocycles. The van der Waals surface area contributed by atoms with Gasteiger partial charge in [0.2, 0.25) is 0 Å². The van der Waals surface area contributed by atoms with Gasteiger partial charge in [0.05, 0.1) is 0 Å². The summed E-state index contributed by atoms with van der Waals surface area (Å²) in [5.41, 5.74) is 0. The van der Waals surface area contributed by atoms with Gasteiger partial charge in [-0.05, 0) is 44.4 Å². The number of methoxy groups -OCH3 is 1. The second-order valence-corrected chi connectivity index (χ2v) is 5.32. The molecule has 0 aromatic heterocycles. The van der Waals surface area contributed by atoms with Gasteiger partial charge < -0.3 is 10.1 Å². The molecule has 1 N–H and O–H groups in total. The van der Waals surface area contributed by atoms with Crippen LogP contribution in [0.4, 0.5) is 0 Å². The monoisotopic (exact) mass is 211 g/mol. The quantitative estimate of drug-likeness (QED) is 0.772. The summed E-state index contributed by atoms with van der Waals surface area (Å²) < 4.78 is 5.23. The highest BCUT2D eigenvalue weighted by Gasteiger charge is 2.24. The molecule has 0 amide bonds. The predicted molar refractivity (Wildman–Crippen MR) is 63.0 cm³/mol. The Hall–Kier alpha value is -0.0800. The van der Waals surface area contributed by atoms with E-state index in [2.05, 4.69) is 5.32 Å². The van der Waals surface area contributed by atoms with Crippen LogP contribution in [-0.2, 0) is 4.74 Å². The largest absolute Gasteiger partial charge is 0.384 e. The van der Waals surface area contributed by atoms with Gasteiger partial charge in [0, 0.05) is 25.8 Å². The molecule has 0 bridgehead atoms. The van der Waals surface area contributed by atoms with Crippen molar-refractivity contribution in [1.82, 2.24) is 5.32 Å². The summed E-state index contributed by atoms with van der Waals surface area (Å²) in [6.45, 7) is 0.968. The van der Waals surface area contributed by atoms with E-state index in [-0.39, 0.29) is 0 Å². The summed E-state index contributed by atoms with van der Waals surface area (Å²) >= 11 is 0. The highest BCUT2D eigenvalue weighted by molar-refractivity contribution is 4.82. The molecular weight excluding hydrogens is 186 g/mol. The van der Waals surface area contributed by atoms with Gasteiger partial charge in [0.1, 0.15) is 0 Å². The molecule has 0 atom stereocenters. The molecule has 0 aromatic carbocycles. The van der Waals surface area contributed by atoms with Crippen LogP contribution in [0.5, 0.6) is 0 Å². The summed E-state index contributed by atoms with van der Waals surface area (Å²) in [5, 5.41) is 3.84. The van der Waals surface area contributed by atoms with Crippen molar-refractivity contribution in [3.8, 4) is 0 Å². The Kier molecular flexibility index (Phi) is 4.45. The molecule has 0 unspecified atom stereocenters. The molecule has 0 aliphatic heterocycles. The van der Waals surface area contributed by atoms with Crippen LogP contribution in [0.25, 0.3) is 0 Å². The SMILES string of the molecule is COCC1CCC(NC2CCCC2)CC1. The van der Waals surface area contributed by atoms with E-state index in [1.54, 1.807) is 0 Å². The third-order valence-corrected chi connectivity index (χ3v) is 4.08. The van der Waals surface area contributed by atoms with Gasteiger partial charge in [0.25, 0.3) is 0 Å². The molecule has 2 aliphatic carbocycles. The fourth-order valence-corrected chi connectivity index (χ4v) is 3.16. The van der Waals surface area contributed by atoms with Crippen molar-refractivity contribution in [2.24, 2.45) is 5.92 Å². The lowest BCUT2D eigenvalue weighted by Crippen LogP contribution is -2.39. The van der Waals surface area contributed by atoms with Crippen molar-refractivity contribution in [2.75, 3.05) is 13.7 Å². The predicted octanol–water partition coefficient (Wildman–Crippen LogP) is 2.72. The lowest BCUT2D eigenvalue weighted by Gasteiger charge is -2.30. The number of hydrogen-bond donors (Lipinski definition) is 1. The lowest BCUT2D eigenvalue weighted by molar-refractivity contribution is 0.122. The molecule has 88 valence electrons. The normalized spacial score (nSPS) is 33.4. The second-order valence-electron chi connectivity index (χ2n) is 5.32. The first kappa shape index (κ1) is 11.4. The second kappa shape index (κ2) is 5.86. The van der Waals surface area contributed by atoms with E-state index in [1.807, 2.05) is 7.11 Å².